The van der Waals surface area contributed by atoms with E-state index >= 15 is 0 Å². The van der Waals surface area contributed by atoms with Gasteiger partial charge < -0.3 is 4.98 Å². The predicted molar refractivity (Wildman–Crippen MR) is 109 cm³/mol. The number of nitrogens with one attached hydrogen (secondary N) is 1. The van der Waals surface area contributed by atoms with Gasteiger partial charge in [0.05, 0.1) is 4.90 Å². The molecule has 1 N–H and O–H groups in total. The van der Waals surface area contributed by atoms with E-state index in [0.717, 1.165) is 26.5 Å². The highest BCUT2D eigenvalue weighted by atomic mass is 79.9. The molecule has 4 nitrogen and oxygen atoms in total. The van der Waals surface area contributed by atoms with E-state index in [9.17, 15) is 8.42 Å². The summed E-state index contributed by atoms with van der Waals surface area (Å²) in [5.74, 6) is 0. The van der Waals surface area contributed by atoms with E-state index in [1.807, 2.05) is 43.5 Å². The van der Waals surface area contributed by atoms with Crippen LogP contribution in [0.4, 0.5) is 0 Å². The topological polar surface area (TPSA) is 53.2 Å². The molecule has 0 fully saturated rings. The maximum atomic E-state index is 12.8. The lowest BCUT2D eigenvalue weighted by Crippen LogP contribution is -2.34. The van der Waals surface area contributed by atoms with Crippen LogP contribution in [-0.4, -0.2) is 30.8 Å². The van der Waals surface area contributed by atoms with Gasteiger partial charge in [0.1, 0.15) is 0 Å². The van der Waals surface area contributed by atoms with E-state index in [1.54, 1.807) is 16.4 Å². The summed E-state index contributed by atoms with van der Waals surface area (Å²) >= 11 is 3.52. The minimum absolute atomic E-state index is 0.357. The standard InChI is InChI=1S/C20H19BrN2O2S/c1-14-2-5-17(6-3-14)26(24,25)23-10-8-15(9-11-23)19-13-22-20-7-4-16(21)12-18(19)20/h2-8,12-13,22H,9-11H2,1H3. The molecule has 0 atom stereocenters. The predicted octanol–water partition coefficient (Wildman–Crippen LogP) is 4.72. The Balaban J connectivity index is 1.61. The third kappa shape index (κ3) is 3.13. The van der Waals surface area contributed by atoms with Crippen LogP contribution >= 0.6 is 15.9 Å². The lowest BCUT2D eigenvalue weighted by atomic mass is 10.00. The Labute approximate surface area is 161 Å². The summed E-state index contributed by atoms with van der Waals surface area (Å²) in [6.07, 6.45) is 4.73. The van der Waals surface area contributed by atoms with Crippen molar-refractivity contribution in [3.05, 3.63) is 70.3 Å². The van der Waals surface area contributed by atoms with Crippen LogP contribution in [0.25, 0.3) is 16.5 Å². The van der Waals surface area contributed by atoms with E-state index in [1.165, 1.54) is 5.57 Å². The van der Waals surface area contributed by atoms with Crippen molar-refractivity contribution in [3.63, 3.8) is 0 Å². The number of halogens is 1. The van der Waals surface area contributed by atoms with Gasteiger partial charge in [-0.25, -0.2) is 8.42 Å². The second-order valence-electron chi connectivity index (χ2n) is 6.55. The Morgan fingerprint density at radius 2 is 1.88 bits per heavy atom. The van der Waals surface area contributed by atoms with Crippen molar-refractivity contribution in [3.8, 4) is 0 Å². The summed E-state index contributed by atoms with van der Waals surface area (Å²) in [6, 6.07) is 13.2. The number of fused-ring (bicyclic) bond motifs is 1. The van der Waals surface area contributed by atoms with Crippen LogP contribution in [0.2, 0.25) is 0 Å². The van der Waals surface area contributed by atoms with E-state index < -0.39 is 10.0 Å². The van der Waals surface area contributed by atoms with Gasteiger partial charge in [-0.1, -0.05) is 39.7 Å². The molecule has 0 unspecified atom stereocenters. The first-order chi connectivity index (χ1) is 12.4. The normalized spacial score (nSPS) is 16.0. The van der Waals surface area contributed by atoms with Crippen LogP contribution in [0.3, 0.4) is 0 Å². The summed E-state index contributed by atoms with van der Waals surface area (Å²) in [5, 5.41) is 1.15. The number of benzene rings is 2. The van der Waals surface area contributed by atoms with Crippen molar-refractivity contribution in [2.24, 2.45) is 0 Å². The monoisotopic (exact) mass is 430 g/mol. The zero-order valence-electron chi connectivity index (χ0n) is 14.4. The highest BCUT2D eigenvalue weighted by Crippen LogP contribution is 2.32. The number of aromatic amines is 1. The van der Waals surface area contributed by atoms with Crippen molar-refractivity contribution in [2.75, 3.05) is 13.1 Å². The van der Waals surface area contributed by atoms with Gasteiger partial charge in [0.2, 0.25) is 10.0 Å². The molecule has 1 aromatic heterocycles. The van der Waals surface area contributed by atoms with E-state index in [-0.39, 0.29) is 0 Å². The first-order valence-corrected chi connectivity index (χ1v) is 10.7. The minimum Gasteiger partial charge on any atom is -0.361 e. The fraction of sp³-hybridized carbons (Fsp3) is 0.200. The Morgan fingerprint density at radius 1 is 1.12 bits per heavy atom. The van der Waals surface area contributed by atoms with Crippen molar-refractivity contribution in [2.45, 2.75) is 18.2 Å². The third-order valence-electron chi connectivity index (χ3n) is 4.82. The van der Waals surface area contributed by atoms with Crippen LogP contribution < -0.4 is 0 Å². The van der Waals surface area contributed by atoms with Gasteiger partial charge in [-0.2, -0.15) is 4.31 Å². The van der Waals surface area contributed by atoms with Gasteiger partial charge in [-0.05, 0) is 49.2 Å². The zero-order chi connectivity index (χ0) is 18.3. The average Bonchev–Trinajstić information content (AvgIpc) is 3.05. The maximum Gasteiger partial charge on any atom is 0.243 e. The lowest BCUT2D eigenvalue weighted by molar-refractivity contribution is 0.441. The molecule has 4 rings (SSSR count). The molecule has 26 heavy (non-hydrogen) atoms. The lowest BCUT2D eigenvalue weighted by Gasteiger charge is -2.26. The molecule has 2 heterocycles. The molecule has 0 amide bonds. The number of aromatic nitrogens is 1. The Hall–Kier alpha value is -1.89. The van der Waals surface area contributed by atoms with Crippen molar-refractivity contribution < 1.29 is 8.42 Å². The number of aryl methyl sites for hydroxylation is 1. The SMILES string of the molecule is Cc1ccc(S(=O)(=O)N2CC=C(c3c[nH]c4ccc(Br)cc34)CC2)cc1. The van der Waals surface area contributed by atoms with Gasteiger partial charge in [0.25, 0.3) is 0 Å². The number of hydrogen-bond acceptors (Lipinski definition) is 2. The molecule has 0 spiro atoms. The Kier molecular flexibility index (Phi) is 4.50. The average molecular weight is 431 g/mol. The van der Waals surface area contributed by atoms with Crippen molar-refractivity contribution in [1.29, 1.82) is 0 Å². The van der Waals surface area contributed by atoms with Crippen LogP contribution in [-0.2, 0) is 10.0 Å². The Morgan fingerprint density at radius 3 is 2.58 bits per heavy atom. The van der Waals surface area contributed by atoms with E-state index in [2.05, 4.69) is 27.0 Å². The number of H-pyrrole nitrogens is 1. The second kappa shape index (κ2) is 6.68. The zero-order valence-corrected chi connectivity index (χ0v) is 16.8. The number of nitrogens with zero attached hydrogens (tertiary/aromatic N) is 1. The minimum atomic E-state index is -3.45. The first-order valence-electron chi connectivity index (χ1n) is 8.48. The number of rotatable bonds is 3. The van der Waals surface area contributed by atoms with Crippen molar-refractivity contribution in [1.82, 2.24) is 9.29 Å². The molecule has 0 bridgehead atoms. The summed E-state index contributed by atoms with van der Waals surface area (Å²) in [7, 11) is -3.45. The smallest absolute Gasteiger partial charge is 0.243 e. The van der Waals surface area contributed by atoms with Crippen LogP contribution in [0.15, 0.2) is 64.1 Å². The molecular formula is C20H19BrN2O2S. The summed E-state index contributed by atoms with van der Waals surface area (Å²) in [6.45, 7) is 2.83. The van der Waals surface area contributed by atoms with Gasteiger partial charge in [-0.15, -0.1) is 0 Å². The highest BCUT2D eigenvalue weighted by molar-refractivity contribution is 9.10. The fourth-order valence-corrected chi connectivity index (χ4v) is 5.07. The fourth-order valence-electron chi connectivity index (χ4n) is 3.33. The quantitative estimate of drug-likeness (QED) is 0.653. The summed E-state index contributed by atoms with van der Waals surface area (Å²) in [5.41, 5.74) is 4.47. The second-order valence-corrected chi connectivity index (χ2v) is 9.40. The van der Waals surface area contributed by atoms with E-state index in [4.69, 9.17) is 0 Å². The molecule has 134 valence electrons. The van der Waals surface area contributed by atoms with Crippen LogP contribution in [0.1, 0.15) is 17.5 Å². The Bertz CT molecular complexity index is 1100. The summed E-state index contributed by atoms with van der Waals surface area (Å²) in [4.78, 5) is 3.65. The van der Waals surface area contributed by atoms with Crippen molar-refractivity contribution >= 4 is 42.4 Å². The van der Waals surface area contributed by atoms with Gasteiger partial charge >= 0.3 is 0 Å². The molecule has 1 aliphatic heterocycles. The molecule has 0 aliphatic carbocycles. The number of sulfonamides is 1. The molecule has 3 aromatic rings. The van der Waals surface area contributed by atoms with E-state index in [0.29, 0.717) is 24.4 Å². The highest BCUT2D eigenvalue weighted by Gasteiger charge is 2.26. The molecule has 1 aliphatic rings. The van der Waals surface area contributed by atoms with Crippen LogP contribution in [0, 0.1) is 6.92 Å². The van der Waals surface area contributed by atoms with Gasteiger partial charge in [0, 0.05) is 40.2 Å². The summed E-state index contributed by atoms with van der Waals surface area (Å²) < 4.78 is 28.2. The van der Waals surface area contributed by atoms with Gasteiger partial charge in [-0.3, -0.25) is 0 Å². The largest absolute Gasteiger partial charge is 0.361 e. The molecule has 0 saturated carbocycles. The molecule has 0 radical (unpaired) electrons. The molecular weight excluding hydrogens is 412 g/mol. The maximum absolute atomic E-state index is 12.8. The van der Waals surface area contributed by atoms with Crippen LogP contribution in [0.5, 0.6) is 0 Å². The number of hydrogen-bond donors (Lipinski definition) is 1. The molecule has 6 heteroatoms. The van der Waals surface area contributed by atoms with Gasteiger partial charge in [0.15, 0.2) is 0 Å². The third-order valence-corrected chi connectivity index (χ3v) is 7.19. The molecule has 2 aromatic carbocycles. The first kappa shape index (κ1) is 17.5. The molecule has 0 saturated heterocycles.